The quantitative estimate of drug-likeness (QED) is 0.136. The van der Waals surface area contributed by atoms with Gasteiger partial charge in [-0.05, 0) is 71.6 Å². The Morgan fingerprint density at radius 2 is 1.15 bits per heavy atom. The van der Waals surface area contributed by atoms with Crippen molar-refractivity contribution in [3.63, 3.8) is 0 Å². The lowest BCUT2D eigenvalue weighted by Gasteiger charge is -2.23. The van der Waals surface area contributed by atoms with E-state index in [2.05, 4.69) is 106 Å². The van der Waals surface area contributed by atoms with E-state index in [0.717, 1.165) is 57.4 Å². The molecule has 1 heterocycles. The molecule has 0 aliphatic carbocycles. The van der Waals surface area contributed by atoms with E-state index in [9.17, 15) is 0 Å². The second-order valence-corrected chi connectivity index (χ2v) is 16.2. The zero-order chi connectivity index (χ0) is 34.8. The van der Waals surface area contributed by atoms with Crippen LogP contribution in [0, 0.1) is 11.8 Å². The first-order valence-electron chi connectivity index (χ1n) is 18.1. The van der Waals surface area contributed by atoms with Gasteiger partial charge in [-0.1, -0.05) is 114 Å². The molecule has 0 aliphatic rings. The first-order valence-corrected chi connectivity index (χ1v) is 18.9. The van der Waals surface area contributed by atoms with Crippen molar-refractivity contribution < 1.29 is 18.9 Å². The van der Waals surface area contributed by atoms with Gasteiger partial charge < -0.3 is 18.9 Å². The summed E-state index contributed by atoms with van der Waals surface area (Å²) in [5, 5.41) is 0. The third-order valence-electron chi connectivity index (χ3n) is 9.33. The summed E-state index contributed by atoms with van der Waals surface area (Å²) >= 11 is 1.81. The van der Waals surface area contributed by atoms with E-state index in [1.807, 2.05) is 11.3 Å². The maximum Gasteiger partial charge on any atom is 0.180 e. The van der Waals surface area contributed by atoms with Gasteiger partial charge in [0.25, 0.3) is 0 Å². The lowest BCUT2D eigenvalue weighted by Crippen LogP contribution is -2.16. The molecule has 2 atom stereocenters. The van der Waals surface area contributed by atoms with Gasteiger partial charge >= 0.3 is 0 Å². The summed E-state index contributed by atoms with van der Waals surface area (Å²) in [4.78, 5) is 2.35. The Hall–Kier alpha value is -2.66. The summed E-state index contributed by atoms with van der Waals surface area (Å²) in [6.45, 7) is 24.1. The van der Waals surface area contributed by atoms with Crippen LogP contribution >= 0.6 is 11.3 Å². The van der Waals surface area contributed by atoms with E-state index in [1.165, 1.54) is 49.0 Å². The van der Waals surface area contributed by atoms with Crippen LogP contribution < -0.4 is 18.9 Å². The smallest absolute Gasteiger partial charge is 0.180 e. The highest BCUT2D eigenvalue weighted by Gasteiger charge is 2.31. The molecule has 3 rings (SSSR count). The Morgan fingerprint density at radius 1 is 0.638 bits per heavy atom. The van der Waals surface area contributed by atoms with Crippen LogP contribution in [0.1, 0.15) is 131 Å². The molecular formula is C42H64O4S. The predicted octanol–water partition coefficient (Wildman–Crippen LogP) is 12.9. The zero-order valence-electron chi connectivity index (χ0n) is 31.7. The Morgan fingerprint density at radius 3 is 1.62 bits per heavy atom. The standard InChI is InChI=1S/C42H64O4S/c1-13-17-19-29(15-3)27-45-37-38(46-28-30(16-4)20-18-14-2)40(42(8,9)10)47-39(37)31-21-23-35(43-11)33(25-31)34-26-32(41(5,6)7)22-24-36(34)44-12/h21-26,29-30H,13-20,27-28H2,1-12H3. The molecule has 0 amide bonds. The van der Waals surface area contributed by atoms with Crippen molar-refractivity contribution in [1.82, 2.24) is 0 Å². The van der Waals surface area contributed by atoms with Gasteiger partial charge in [0.2, 0.25) is 0 Å². The second kappa shape index (κ2) is 17.7. The van der Waals surface area contributed by atoms with Gasteiger partial charge in [-0.15, -0.1) is 11.3 Å². The first-order chi connectivity index (χ1) is 22.3. The van der Waals surface area contributed by atoms with Crippen molar-refractivity contribution in [1.29, 1.82) is 0 Å². The highest BCUT2D eigenvalue weighted by molar-refractivity contribution is 7.16. The number of benzene rings is 2. The average Bonchev–Trinajstić information content (AvgIpc) is 3.42. The number of hydrogen-bond donors (Lipinski definition) is 0. The second-order valence-electron chi connectivity index (χ2n) is 15.2. The minimum absolute atomic E-state index is 0.00441. The summed E-state index contributed by atoms with van der Waals surface area (Å²) in [5.41, 5.74) is 4.27. The van der Waals surface area contributed by atoms with Gasteiger partial charge in [0.15, 0.2) is 11.5 Å². The van der Waals surface area contributed by atoms with E-state index >= 15 is 0 Å². The van der Waals surface area contributed by atoms with E-state index in [-0.39, 0.29) is 10.8 Å². The topological polar surface area (TPSA) is 36.9 Å². The largest absolute Gasteiger partial charge is 0.496 e. The minimum Gasteiger partial charge on any atom is -0.496 e. The fraction of sp³-hybridized carbons (Fsp3) is 0.619. The van der Waals surface area contributed by atoms with Crippen molar-refractivity contribution in [2.75, 3.05) is 27.4 Å². The number of unbranched alkanes of at least 4 members (excludes halogenated alkanes) is 2. The first kappa shape index (κ1) is 38.8. The molecule has 0 fully saturated rings. The summed E-state index contributed by atoms with van der Waals surface area (Å²) < 4.78 is 25.7. The number of thiophene rings is 1. The Bertz CT molecular complexity index is 1390. The summed E-state index contributed by atoms with van der Waals surface area (Å²) in [7, 11) is 3.48. The molecule has 0 aliphatic heterocycles. The van der Waals surface area contributed by atoms with Crippen LogP contribution in [0.3, 0.4) is 0 Å². The van der Waals surface area contributed by atoms with Gasteiger partial charge in [0, 0.05) is 16.5 Å². The SMILES string of the molecule is CCCCC(CC)COc1c(-c2ccc(OC)c(-c3cc(C(C)(C)C)ccc3OC)c2)sc(C(C)(C)C)c1OCC(CC)CCCC. The molecule has 0 bridgehead atoms. The van der Waals surface area contributed by atoms with Crippen LogP contribution in [-0.2, 0) is 10.8 Å². The van der Waals surface area contributed by atoms with Gasteiger partial charge in [-0.2, -0.15) is 0 Å². The van der Waals surface area contributed by atoms with Crippen LogP contribution in [0.2, 0.25) is 0 Å². The average molecular weight is 665 g/mol. The van der Waals surface area contributed by atoms with E-state index in [0.29, 0.717) is 25.0 Å². The fourth-order valence-electron chi connectivity index (χ4n) is 5.99. The molecule has 0 spiro atoms. The molecule has 3 aromatic rings. The van der Waals surface area contributed by atoms with Crippen molar-refractivity contribution >= 4 is 11.3 Å². The molecule has 0 saturated carbocycles. The van der Waals surface area contributed by atoms with E-state index < -0.39 is 0 Å². The number of rotatable bonds is 18. The molecule has 0 N–H and O–H groups in total. The van der Waals surface area contributed by atoms with Crippen molar-refractivity contribution in [2.24, 2.45) is 11.8 Å². The van der Waals surface area contributed by atoms with Gasteiger partial charge in [0.1, 0.15) is 11.5 Å². The van der Waals surface area contributed by atoms with Gasteiger partial charge in [-0.25, -0.2) is 0 Å². The number of methoxy groups -OCH3 is 2. The van der Waals surface area contributed by atoms with Gasteiger partial charge in [0.05, 0.1) is 37.2 Å². The molecule has 4 nitrogen and oxygen atoms in total. The molecular weight excluding hydrogens is 601 g/mol. The van der Waals surface area contributed by atoms with Crippen LogP contribution in [0.25, 0.3) is 21.6 Å². The molecule has 2 unspecified atom stereocenters. The maximum atomic E-state index is 6.94. The summed E-state index contributed by atoms with van der Waals surface area (Å²) in [5.74, 6) is 4.51. The maximum absolute atomic E-state index is 6.94. The molecule has 0 saturated heterocycles. The minimum atomic E-state index is -0.104. The fourth-order valence-corrected chi connectivity index (χ4v) is 7.23. The van der Waals surface area contributed by atoms with Crippen LogP contribution in [0.15, 0.2) is 36.4 Å². The normalized spacial score (nSPS) is 13.4. The number of ether oxygens (including phenoxy) is 4. The highest BCUT2D eigenvalue weighted by Crippen LogP contribution is 2.54. The molecule has 0 radical (unpaired) electrons. The van der Waals surface area contributed by atoms with Crippen LogP contribution in [0.4, 0.5) is 0 Å². The summed E-state index contributed by atoms with van der Waals surface area (Å²) in [6.07, 6.45) is 9.46. The number of hydrogen-bond acceptors (Lipinski definition) is 5. The van der Waals surface area contributed by atoms with Gasteiger partial charge in [-0.3, -0.25) is 0 Å². The molecule has 5 heteroatoms. The predicted molar refractivity (Wildman–Crippen MR) is 203 cm³/mol. The Kier molecular flexibility index (Phi) is 14.6. The van der Waals surface area contributed by atoms with Crippen LogP contribution in [-0.4, -0.2) is 27.4 Å². The lowest BCUT2D eigenvalue weighted by molar-refractivity contribution is 0.198. The highest BCUT2D eigenvalue weighted by atomic mass is 32.1. The van der Waals surface area contributed by atoms with Crippen LogP contribution in [0.5, 0.6) is 23.0 Å². The molecule has 47 heavy (non-hydrogen) atoms. The third kappa shape index (κ3) is 10.2. The third-order valence-corrected chi connectivity index (χ3v) is 11.0. The van der Waals surface area contributed by atoms with E-state index in [1.54, 1.807) is 14.2 Å². The Balaban J connectivity index is 2.25. The monoisotopic (exact) mass is 664 g/mol. The molecule has 262 valence electrons. The lowest BCUT2D eigenvalue weighted by atomic mass is 9.85. The zero-order valence-corrected chi connectivity index (χ0v) is 32.5. The van der Waals surface area contributed by atoms with Crippen molar-refractivity contribution in [3.05, 3.63) is 46.8 Å². The van der Waals surface area contributed by atoms with Crippen molar-refractivity contribution in [2.45, 2.75) is 131 Å². The Labute approximate surface area is 291 Å². The molecule has 2 aromatic carbocycles. The van der Waals surface area contributed by atoms with Crippen molar-refractivity contribution in [3.8, 4) is 44.6 Å². The van der Waals surface area contributed by atoms with E-state index in [4.69, 9.17) is 18.9 Å². The molecule has 1 aromatic heterocycles. The summed E-state index contributed by atoms with van der Waals surface area (Å²) in [6, 6.07) is 13.0.